The fourth-order valence-electron chi connectivity index (χ4n) is 1.47. The van der Waals surface area contributed by atoms with Crippen molar-refractivity contribution in [3.8, 4) is 6.07 Å². The molecule has 0 spiro atoms. The number of hydrogen-bond acceptors (Lipinski definition) is 4. The topological polar surface area (TPSA) is 65.4 Å². The number of carbonyl (C=O) groups excluding carboxylic acids is 1. The summed E-state index contributed by atoms with van der Waals surface area (Å²) in [6.45, 7) is 9.47. The zero-order chi connectivity index (χ0) is 15.2. The molecule has 0 saturated heterocycles. The quantitative estimate of drug-likeness (QED) is 0.676. The van der Waals surface area contributed by atoms with Gasteiger partial charge in [0.05, 0.1) is 23.9 Å². The molecule has 0 saturated carbocycles. The summed E-state index contributed by atoms with van der Waals surface area (Å²) in [7, 11) is 0. The van der Waals surface area contributed by atoms with Crippen molar-refractivity contribution in [3.63, 3.8) is 0 Å². The lowest BCUT2D eigenvalue weighted by Crippen LogP contribution is -2.45. The Hall–Kier alpha value is -2.48. The Kier molecular flexibility index (Phi) is 5.15. The van der Waals surface area contributed by atoms with Gasteiger partial charge in [-0.05, 0) is 45.0 Å². The van der Waals surface area contributed by atoms with E-state index < -0.39 is 11.7 Å². The molecule has 0 fully saturated rings. The number of nitrogens with one attached hydrogen (secondary N) is 1. The van der Waals surface area contributed by atoms with Gasteiger partial charge in [0, 0.05) is 0 Å². The summed E-state index contributed by atoms with van der Waals surface area (Å²) in [6, 6.07) is 8.91. The van der Waals surface area contributed by atoms with Crippen LogP contribution >= 0.6 is 0 Å². The van der Waals surface area contributed by atoms with Gasteiger partial charge < -0.3 is 4.74 Å². The maximum absolute atomic E-state index is 11.8. The average molecular weight is 273 g/mol. The summed E-state index contributed by atoms with van der Waals surface area (Å²) in [5.74, 6) is 0. The van der Waals surface area contributed by atoms with Crippen molar-refractivity contribution < 1.29 is 9.53 Å². The van der Waals surface area contributed by atoms with E-state index in [9.17, 15) is 4.79 Å². The molecule has 1 rings (SSSR count). The van der Waals surface area contributed by atoms with Crippen molar-refractivity contribution in [1.82, 2.24) is 5.43 Å². The molecule has 0 aliphatic carbocycles. The maximum Gasteiger partial charge on any atom is 0.426 e. The summed E-state index contributed by atoms with van der Waals surface area (Å²) in [4.78, 5) is 11.8. The first-order valence-corrected chi connectivity index (χ1v) is 6.24. The van der Waals surface area contributed by atoms with Gasteiger partial charge in [-0.3, -0.25) is 5.01 Å². The van der Waals surface area contributed by atoms with Crippen LogP contribution in [0.2, 0.25) is 0 Å². The highest BCUT2D eigenvalue weighted by molar-refractivity contribution is 5.70. The lowest BCUT2D eigenvalue weighted by molar-refractivity contribution is 0.0522. The highest BCUT2D eigenvalue weighted by Crippen LogP contribution is 2.14. The number of nitriles is 1. The number of hydrogen-bond donors (Lipinski definition) is 1. The Morgan fingerprint density at radius 2 is 2.05 bits per heavy atom. The number of hydrazine groups is 1. The van der Waals surface area contributed by atoms with Crippen LogP contribution in [0.1, 0.15) is 26.3 Å². The van der Waals surface area contributed by atoms with Crippen molar-refractivity contribution >= 4 is 11.8 Å². The Bertz CT molecular complexity index is 509. The third-order valence-corrected chi connectivity index (χ3v) is 2.24. The minimum Gasteiger partial charge on any atom is -0.443 e. The van der Waals surface area contributed by atoms with Crippen LogP contribution in [0.3, 0.4) is 0 Å². The molecule has 1 aromatic carbocycles. The highest BCUT2D eigenvalue weighted by atomic mass is 16.6. The van der Waals surface area contributed by atoms with Gasteiger partial charge in [-0.15, -0.1) is 6.58 Å². The minimum absolute atomic E-state index is 0.422. The van der Waals surface area contributed by atoms with Crippen LogP contribution in [0, 0.1) is 11.3 Å². The van der Waals surface area contributed by atoms with E-state index in [0.29, 0.717) is 12.1 Å². The van der Waals surface area contributed by atoms with E-state index >= 15 is 0 Å². The third-order valence-electron chi connectivity index (χ3n) is 2.24. The van der Waals surface area contributed by atoms with Gasteiger partial charge in [0.25, 0.3) is 0 Å². The molecule has 0 atom stereocenters. The van der Waals surface area contributed by atoms with Crippen LogP contribution in [0.15, 0.2) is 36.9 Å². The molecule has 1 aromatic rings. The summed E-state index contributed by atoms with van der Waals surface area (Å²) in [5, 5.41) is 10.4. The molecular formula is C15H19N3O2. The SMILES string of the molecule is C=CCN(NC(=O)OC(C)(C)C)c1ccc(C#N)cc1. The van der Waals surface area contributed by atoms with Crippen molar-refractivity contribution in [2.24, 2.45) is 0 Å². The van der Waals surface area contributed by atoms with E-state index in [0.717, 1.165) is 5.69 Å². The van der Waals surface area contributed by atoms with Crippen LogP contribution in [-0.4, -0.2) is 18.2 Å². The Balaban J connectivity index is 2.80. The normalized spacial score (nSPS) is 10.3. The number of amides is 1. The summed E-state index contributed by atoms with van der Waals surface area (Å²) in [5.41, 5.74) is 3.39. The first kappa shape index (κ1) is 15.6. The average Bonchev–Trinajstić information content (AvgIpc) is 2.36. The van der Waals surface area contributed by atoms with E-state index in [1.54, 1.807) is 56.1 Å². The van der Waals surface area contributed by atoms with E-state index in [1.165, 1.54) is 0 Å². The number of nitrogens with zero attached hydrogens (tertiary/aromatic N) is 2. The van der Waals surface area contributed by atoms with Crippen LogP contribution in [0.4, 0.5) is 10.5 Å². The second-order valence-corrected chi connectivity index (χ2v) is 5.17. The molecule has 0 unspecified atom stereocenters. The fourth-order valence-corrected chi connectivity index (χ4v) is 1.47. The molecule has 106 valence electrons. The van der Waals surface area contributed by atoms with E-state index in [4.69, 9.17) is 10.00 Å². The molecule has 0 radical (unpaired) electrons. The van der Waals surface area contributed by atoms with Gasteiger partial charge >= 0.3 is 6.09 Å². The molecule has 0 aliphatic heterocycles. The summed E-state index contributed by atoms with van der Waals surface area (Å²) >= 11 is 0. The predicted octanol–water partition coefficient (Wildman–Crippen LogP) is 2.99. The van der Waals surface area contributed by atoms with Gasteiger partial charge in [-0.2, -0.15) is 5.26 Å². The molecule has 0 heterocycles. The van der Waals surface area contributed by atoms with Gasteiger partial charge in [0.2, 0.25) is 0 Å². The largest absolute Gasteiger partial charge is 0.443 e. The van der Waals surface area contributed by atoms with Crippen LogP contribution in [0.5, 0.6) is 0 Å². The second-order valence-electron chi connectivity index (χ2n) is 5.17. The number of benzene rings is 1. The van der Waals surface area contributed by atoms with Crippen molar-refractivity contribution in [1.29, 1.82) is 5.26 Å². The zero-order valence-electron chi connectivity index (χ0n) is 12.0. The molecule has 0 aromatic heterocycles. The first-order valence-electron chi connectivity index (χ1n) is 6.24. The second kappa shape index (κ2) is 6.62. The Morgan fingerprint density at radius 1 is 1.45 bits per heavy atom. The van der Waals surface area contributed by atoms with Gasteiger partial charge in [0.1, 0.15) is 5.60 Å². The van der Waals surface area contributed by atoms with Crippen molar-refractivity contribution in [2.45, 2.75) is 26.4 Å². The van der Waals surface area contributed by atoms with Gasteiger partial charge in [-0.1, -0.05) is 6.08 Å². The lowest BCUT2D eigenvalue weighted by atomic mass is 10.2. The van der Waals surface area contributed by atoms with Crippen LogP contribution in [0.25, 0.3) is 0 Å². The monoisotopic (exact) mass is 273 g/mol. The maximum atomic E-state index is 11.8. The summed E-state index contributed by atoms with van der Waals surface area (Å²) in [6.07, 6.45) is 1.12. The Morgan fingerprint density at radius 3 is 2.50 bits per heavy atom. The lowest BCUT2D eigenvalue weighted by Gasteiger charge is -2.26. The van der Waals surface area contributed by atoms with Gasteiger partial charge in [0.15, 0.2) is 0 Å². The van der Waals surface area contributed by atoms with Crippen molar-refractivity contribution in [3.05, 3.63) is 42.5 Å². The fraction of sp³-hybridized carbons (Fsp3) is 0.333. The van der Waals surface area contributed by atoms with E-state index in [1.807, 2.05) is 6.07 Å². The number of ether oxygens (including phenoxy) is 1. The predicted molar refractivity (Wildman–Crippen MR) is 78.1 cm³/mol. The van der Waals surface area contributed by atoms with Crippen LogP contribution in [-0.2, 0) is 4.74 Å². The smallest absolute Gasteiger partial charge is 0.426 e. The first-order chi connectivity index (χ1) is 9.35. The number of rotatable bonds is 4. The molecule has 5 nitrogen and oxygen atoms in total. The standard InChI is InChI=1S/C15H19N3O2/c1-5-10-18(17-14(19)20-15(2,3)4)13-8-6-12(11-16)7-9-13/h5-9H,1,10H2,2-4H3,(H,17,19). The molecule has 0 bridgehead atoms. The van der Waals surface area contributed by atoms with Crippen LogP contribution < -0.4 is 10.4 Å². The highest BCUT2D eigenvalue weighted by Gasteiger charge is 2.18. The van der Waals surface area contributed by atoms with Crippen molar-refractivity contribution in [2.75, 3.05) is 11.6 Å². The number of anilines is 1. The Labute approximate surface area is 119 Å². The molecule has 0 aliphatic rings. The van der Waals surface area contributed by atoms with Gasteiger partial charge in [-0.25, -0.2) is 10.2 Å². The van der Waals surface area contributed by atoms with E-state index in [2.05, 4.69) is 12.0 Å². The number of carbonyl (C=O) groups is 1. The molecule has 1 N–H and O–H groups in total. The molecule has 5 heteroatoms. The summed E-state index contributed by atoms with van der Waals surface area (Å²) < 4.78 is 5.20. The molecular weight excluding hydrogens is 254 g/mol. The molecule has 1 amide bonds. The minimum atomic E-state index is -0.561. The third kappa shape index (κ3) is 5.02. The van der Waals surface area contributed by atoms with E-state index in [-0.39, 0.29) is 0 Å². The zero-order valence-corrected chi connectivity index (χ0v) is 12.0. The molecule has 20 heavy (non-hydrogen) atoms.